The Morgan fingerprint density at radius 1 is 1.25 bits per heavy atom. The van der Waals surface area contributed by atoms with Crippen molar-refractivity contribution in [2.75, 3.05) is 26.7 Å². The number of carbonyl (C=O) groups is 2. The summed E-state index contributed by atoms with van der Waals surface area (Å²) in [5, 5.41) is 3.02. The summed E-state index contributed by atoms with van der Waals surface area (Å²) in [5.74, 6) is 1.20. The molecule has 1 N–H and O–H groups in total. The van der Waals surface area contributed by atoms with Crippen molar-refractivity contribution in [3.05, 3.63) is 29.8 Å². The van der Waals surface area contributed by atoms with Crippen LogP contribution in [0.4, 0.5) is 0 Å². The lowest BCUT2D eigenvalue weighted by Crippen LogP contribution is -2.43. The van der Waals surface area contributed by atoms with Gasteiger partial charge in [-0.1, -0.05) is 25.1 Å². The van der Waals surface area contributed by atoms with Gasteiger partial charge in [-0.15, -0.1) is 0 Å². The first-order valence-electron chi connectivity index (χ1n) is 8.83. The Balaban J connectivity index is 1.73. The Hall–Kier alpha value is -2.04. The van der Waals surface area contributed by atoms with Crippen LogP contribution in [0.15, 0.2) is 24.3 Å². The third kappa shape index (κ3) is 4.98. The van der Waals surface area contributed by atoms with E-state index >= 15 is 0 Å². The van der Waals surface area contributed by atoms with Gasteiger partial charge in [0.15, 0.2) is 0 Å². The molecule has 0 aromatic heterocycles. The van der Waals surface area contributed by atoms with Crippen LogP contribution in [0.1, 0.15) is 38.2 Å². The normalized spacial score (nSPS) is 15.2. The maximum atomic E-state index is 12.3. The average Bonchev–Trinajstić information content (AvgIpc) is 2.62. The molecular weight excluding hydrogens is 304 g/mol. The van der Waals surface area contributed by atoms with Crippen molar-refractivity contribution in [2.24, 2.45) is 5.92 Å². The van der Waals surface area contributed by atoms with E-state index in [1.54, 1.807) is 7.11 Å². The fourth-order valence-corrected chi connectivity index (χ4v) is 3.14. The van der Waals surface area contributed by atoms with E-state index in [0.29, 0.717) is 26.1 Å². The highest BCUT2D eigenvalue weighted by Crippen LogP contribution is 2.19. The molecule has 0 radical (unpaired) electrons. The van der Waals surface area contributed by atoms with Gasteiger partial charge in [0.1, 0.15) is 5.75 Å². The van der Waals surface area contributed by atoms with Crippen molar-refractivity contribution < 1.29 is 14.3 Å². The van der Waals surface area contributed by atoms with E-state index in [1.807, 2.05) is 36.1 Å². The standard InChI is InChI=1S/C19H28N2O3/c1-3-6-18(22)21-13-10-16(11-14-21)19(23)20-12-9-15-7-4-5-8-17(15)24-2/h4-5,7-8,16H,3,6,9-14H2,1-2H3,(H,20,23). The molecule has 5 nitrogen and oxygen atoms in total. The number of carbonyl (C=O) groups excluding carboxylic acids is 2. The molecule has 0 bridgehead atoms. The van der Waals surface area contributed by atoms with Gasteiger partial charge >= 0.3 is 0 Å². The van der Waals surface area contributed by atoms with Crippen LogP contribution in [0.25, 0.3) is 0 Å². The van der Waals surface area contributed by atoms with Gasteiger partial charge in [0.25, 0.3) is 0 Å². The lowest BCUT2D eigenvalue weighted by Gasteiger charge is -2.31. The molecule has 0 unspecified atom stereocenters. The minimum atomic E-state index is 0.0216. The van der Waals surface area contributed by atoms with Gasteiger partial charge in [-0.2, -0.15) is 0 Å². The smallest absolute Gasteiger partial charge is 0.223 e. The van der Waals surface area contributed by atoms with E-state index in [4.69, 9.17) is 4.74 Å². The quantitative estimate of drug-likeness (QED) is 0.834. The van der Waals surface area contributed by atoms with Gasteiger partial charge in [-0.05, 0) is 37.3 Å². The van der Waals surface area contributed by atoms with Crippen LogP contribution in [0, 0.1) is 5.92 Å². The fraction of sp³-hybridized carbons (Fsp3) is 0.579. The Labute approximate surface area is 144 Å². The molecule has 2 rings (SSSR count). The molecular formula is C19H28N2O3. The van der Waals surface area contributed by atoms with Gasteiger partial charge in [0, 0.05) is 32.0 Å². The fourth-order valence-electron chi connectivity index (χ4n) is 3.14. The van der Waals surface area contributed by atoms with Crippen LogP contribution in [0.3, 0.4) is 0 Å². The second-order valence-corrected chi connectivity index (χ2v) is 6.26. The largest absolute Gasteiger partial charge is 0.496 e. The van der Waals surface area contributed by atoms with Gasteiger partial charge in [-0.3, -0.25) is 9.59 Å². The Bertz CT molecular complexity index is 551. The van der Waals surface area contributed by atoms with Crippen molar-refractivity contribution in [1.29, 1.82) is 0 Å². The topological polar surface area (TPSA) is 58.6 Å². The monoisotopic (exact) mass is 332 g/mol. The summed E-state index contributed by atoms with van der Waals surface area (Å²) >= 11 is 0. The lowest BCUT2D eigenvalue weighted by molar-refractivity contribution is -0.135. The zero-order chi connectivity index (χ0) is 17.4. The molecule has 0 atom stereocenters. The first-order chi connectivity index (χ1) is 11.7. The molecule has 1 aliphatic heterocycles. The number of methoxy groups -OCH3 is 1. The molecule has 1 aliphatic rings. The van der Waals surface area contributed by atoms with E-state index in [-0.39, 0.29) is 17.7 Å². The van der Waals surface area contributed by atoms with Crippen LogP contribution in [0.5, 0.6) is 5.75 Å². The molecule has 1 fully saturated rings. The molecule has 24 heavy (non-hydrogen) atoms. The Morgan fingerprint density at radius 3 is 2.62 bits per heavy atom. The zero-order valence-electron chi connectivity index (χ0n) is 14.7. The third-order valence-corrected chi connectivity index (χ3v) is 4.57. The maximum Gasteiger partial charge on any atom is 0.223 e. The van der Waals surface area contributed by atoms with Crippen LogP contribution in [-0.2, 0) is 16.0 Å². The van der Waals surface area contributed by atoms with Crippen LogP contribution >= 0.6 is 0 Å². The number of hydrogen-bond donors (Lipinski definition) is 1. The molecule has 0 spiro atoms. The summed E-state index contributed by atoms with van der Waals surface area (Å²) < 4.78 is 5.32. The highest BCUT2D eigenvalue weighted by atomic mass is 16.5. The molecule has 1 saturated heterocycles. The van der Waals surface area contributed by atoms with E-state index < -0.39 is 0 Å². The number of nitrogens with one attached hydrogen (secondary N) is 1. The third-order valence-electron chi connectivity index (χ3n) is 4.57. The number of likely N-dealkylation sites (tertiary alicyclic amines) is 1. The van der Waals surface area contributed by atoms with Crippen molar-refractivity contribution in [3.8, 4) is 5.75 Å². The van der Waals surface area contributed by atoms with E-state index in [9.17, 15) is 9.59 Å². The predicted molar refractivity (Wildman–Crippen MR) is 93.9 cm³/mol. The SMILES string of the molecule is CCCC(=O)N1CCC(C(=O)NCCc2ccccc2OC)CC1. The number of ether oxygens (including phenoxy) is 1. The van der Waals surface area contributed by atoms with Gasteiger partial charge in [0.05, 0.1) is 7.11 Å². The molecule has 0 saturated carbocycles. The molecule has 0 aliphatic carbocycles. The van der Waals surface area contributed by atoms with E-state index in [0.717, 1.165) is 37.0 Å². The minimum Gasteiger partial charge on any atom is -0.496 e. The summed E-state index contributed by atoms with van der Waals surface area (Å²) in [5.41, 5.74) is 1.10. The van der Waals surface area contributed by atoms with Crippen molar-refractivity contribution in [2.45, 2.75) is 39.0 Å². The first kappa shape index (κ1) is 18.3. The van der Waals surface area contributed by atoms with Crippen molar-refractivity contribution in [1.82, 2.24) is 10.2 Å². The van der Waals surface area contributed by atoms with Gasteiger partial charge in [0.2, 0.25) is 11.8 Å². The van der Waals surface area contributed by atoms with E-state index in [1.165, 1.54) is 0 Å². The maximum absolute atomic E-state index is 12.3. The molecule has 1 heterocycles. The highest BCUT2D eigenvalue weighted by molar-refractivity contribution is 5.80. The van der Waals surface area contributed by atoms with Gasteiger partial charge in [-0.25, -0.2) is 0 Å². The summed E-state index contributed by atoms with van der Waals surface area (Å²) in [7, 11) is 1.66. The van der Waals surface area contributed by atoms with Crippen LogP contribution < -0.4 is 10.1 Å². The molecule has 1 aromatic carbocycles. The van der Waals surface area contributed by atoms with Crippen molar-refractivity contribution in [3.63, 3.8) is 0 Å². The Kier molecular flexibility index (Phi) is 7.09. The summed E-state index contributed by atoms with van der Waals surface area (Å²) in [6.07, 6.45) is 3.76. The number of benzene rings is 1. The van der Waals surface area contributed by atoms with Gasteiger partial charge < -0.3 is 15.0 Å². The second-order valence-electron chi connectivity index (χ2n) is 6.26. The highest BCUT2D eigenvalue weighted by Gasteiger charge is 2.26. The second kappa shape index (κ2) is 9.30. The summed E-state index contributed by atoms with van der Waals surface area (Å²) in [4.78, 5) is 26.1. The summed E-state index contributed by atoms with van der Waals surface area (Å²) in [6, 6.07) is 7.86. The number of para-hydroxylation sites is 1. The molecule has 2 amide bonds. The average molecular weight is 332 g/mol. The zero-order valence-corrected chi connectivity index (χ0v) is 14.7. The Morgan fingerprint density at radius 2 is 1.96 bits per heavy atom. The number of amides is 2. The summed E-state index contributed by atoms with van der Waals surface area (Å²) in [6.45, 7) is 4.01. The first-order valence-corrected chi connectivity index (χ1v) is 8.83. The van der Waals surface area contributed by atoms with Crippen LogP contribution in [0.2, 0.25) is 0 Å². The van der Waals surface area contributed by atoms with Crippen LogP contribution in [-0.4, -0.2) is 43.5 Å². The number of piperidine rings is 1. The number of rotatable bonds is 7. The minimum absolute atomic E-state index is 0.0216. The van der Waals surface area contributed by atoms with Crippen molar-refractivity contribution >= 4 is 11.8 Å². The molecule has 5 heteroatoms. The number of hydrogen-bond acceptors (Lipinski definition) is 3. The number of nitrogens with zero attached hydrogens (tertiary/aromatic N) is 1. The molecule has 132 valence electrons. The molecule has 1 aromatic rings. The van der Waals surface area contributed by atoms with E-state index in [2.05, 4.69) is 5.32 Å². The lowest BCUT2D eigenvalue weighted by atomic mass is 9.95. The predicted octanol–water partition coefficient (Wildman–Crippen LogP) is 2.39.